The summed E-state index contributed by atoms with van der Waals surface area (Å²) >= 11 is 0. The predicted molar refractivity (Wildman–Crippen MR) is 110 cm³/mol. The molecule has 0 saturated carbocycles. The largest absolute Gasteiger partial charge is 0.366 e. The van der Waals surface area contributed by atoms with Crippen molar-refractivity contribution in [3.8, 4) is 16.9 Å². The van der Waals surface area contributed by atoms with E-state index in [4.69, 9.17) is 5.10 Å². The van der Waals surface area contributed by atoms with Gasteiger partial charge in [-0.1, -0.05) is 0 Å². The number of anilines is 1. The summed E-state index contributed by atoms with van der Waals surface area (Å²) in [6.07, 6.45) is 7.68. The van der Waals surface area contributed by atoms with Gasteiger partial charge in [0.25, 0.3) is 0 Å². The topological polar surface area (TPSA) is 63.3 Å². The van der Waals surface area contributed by atoms with Gasteiger partial charge in [0.15, 0.2) is 5.65 Å². The molecule has 0 bridgehead atoms. The third-order valence-corrected chi connectivity index (χ3v) is 5.40. The summed E-state index contributed by atoms with van der Waals surface area (Å²) in [7, 11) is 2.16. The van der Waals surface area contributed by atoms with Crippen LogP contribution in [0.4, 0.5) is 10.2 Å². The lowest BCUT2D eigenvalue weighted by molar-refractivity contribution is 0.263. The smallest absolute Gasteiger partial charge is 0.154 e. The minimum Gasteiger partial charge on any atom is -0.366 e. The van der Waals surface area contributed by atoms with Crippen LogP contribution < -0.4 is 5.32 Å². The van der Waals surface area contributed by atoms with Gasteiger partial charge in [-0.05, 0) is 69.4 Å². The first-order valence-corrected chi connectivity index (χ1v) is 9.76. The fourth-order valence-corrected chi connectivity index (χ4v) is 3.70. The van der Waals surface area contributed by atoms with Crippen molar-refractivity contribution in [1.82, 2.24) is 29.3 Å². The zero-order chi connectivity index (χ0) is 19.8. The van der Waals surface area contributed by atoms with E-state index >= 15 is 0 Å². The van der Waals surface area contributed by atoms with Crippen LogP contribution in [-0.2, 0) is 0 Å². The molecular weight excluding hydrogens is 369 g/mol. The van der Waals surface area contributed by atoms with Crippen molar-refractivity contribution < 1.29 is 4.39 Å². The third kappa shape index (κ3) is 3.58. The van der Waals surface area contributed by atoms with E-state index in [1.54, 1.807) is 29.2 Å². The molecule has 5 rings (SSSR count). The van der Waals surface area contributed by atoms with Crippen LogP contribution in [0.25, 0.3) is 22.6 Å². The second-order valence-corrected chi connectivity index (χ2v) is 7.50. The monoisotopic (exact) mass is 391 g/mol. The van der Waals surface area contributed by atoms with Crippen molar-refractivity contribution in [3.63, 3.8) is 0 Å². The molecule has 0 amide bonds. The van der Waals surface area contributed by atoms with Crippen LogP contribution in [0.1, 0.15) is 12.8 Å². The number of halogens is 1. The Morgan fingerprint density at radius 1 is 1.03 bits per heavy atom. The van der Waals surface area contributed by atoms with Gasteiger partial charge in [-0.2, -0.15) is 5.10 Å². The highest BCUT2D eigenvalue weighted by atomic mass is 19.1. The van der Waals surface area contributed by atoms with Crippen molar-refractivity contribution in [2.75, 3.05) is 25.5 Å². The van der Waals surface area contributed by atoms with E-state index in [0.717, 1.165) is 54.3 Å². The van der Waals surface area contributed by atoms with Crippen molar-refractivity contribution in [1.29, 1.82) is 0 Å². The quantitative estimate of drug-likeness (QED) is 0.579. The van der Waals surface area contributed by atoms with Crippen LogP contribution in [0.5, 0.6) is 0 Å². The highest BCUT2D eigenvalue weighted by molar-refractivity contribution is 5.62. The Bertz CT molecular complexity index is 1120. The molecule has 0 unspecified atom stereocenters. The number of hydrogen-bond acceptors (Lipinski definition) is 5. The van der Waals surface area contributed by atoms with Gasteiger partial charge in [0, 0.05) is 17.8 Å². The third-order valence-electron chi connectivity index (χ3n) is 5.40. The van der Waals surface area contributed by atoms with E-state index < -0.39 is 0 Å². The van der Waals surface area contributed by atoms with Gasteiger partial charge < -0.3 is 10.2 Å². The number of fused-ring (bicyclic) bond motifs is 1. The van der Waals surface area contributed by atoms with Crippen LogP contribution in [0.2, 0.25) is 0 Å². The summed E-state index contributed by atoms with van der Waals surface area (Å²) in [6, 6.07) is 10.6. The van der Waals surface area contributed by atoms with E-state index in [0.29, 0.717) is 6.04 Å². The molecule has 4 aromatic rings. The van der Waals surface area contributed by atoms with Crippen molar-refractivity contribution in [3.05, 3.63) is 60.8 Å². The van der Waals surface area contributed by atoms with Gasteiger partial charge in [0.1, 0.15) is 11.6 Å². The Labute approximate surface area is 167 Å². The van der Waals surface area contributed by atoms with E-state index in [1.165, 1.54) is 12.1 Å². The maximum atomic E-state index is 13.2. The lowest BCUT2D eigenvalue weighted by Gasteiger charge is -2.29. The van der Waals surface area contributed by atoms with E-state index in [9.17, 15) is 4.39 Å². The minimum absolute atomic E-state index is 0.267. The lowest BCUT2D eigenvalue weighted by Crippen LogP contribution is -2.36. The van der Waals surface area contributed by atoms with E-state index in [2.05, 4.69) is 27.3 Å². The molecule has 1 saturated heterocycles. The molecule has 1 aromatic carbocycles. The highest BCUT2D eigenvalue weighted by Gasteiger charge is 2.17. The van der Waals surface area contributed by atoms with Crippen molar-refractivity contribution in [2.45, 2.75) is 18.9 Å². The fraction of sp³-hybridized carbons (Fsp3) is 0.286. The molecule has 1 aliphatic rings. The molecule has 1 N–H and O–H groups in total. The number of benzene rings is 1. The Hall–Kier alpha value is -3.26. The number of hydrogen-bond donors (Lipinski definition) is 1. The second-order valence-electron chi connectivity index (χ2n) is 7.50. The first-order chi connectivity index (χ1) is 14.2. The maximum absolute atomic E-state index is 13.2. The normalized spacial score (nSPS) is 15.8. The zero-order valence-corrected chi connectivity index (χ0v) is 16.2. The molecule has 8 heteroatoms. The summed E-state index contributed by atoms with van der Waals surface area (Å²) in [6.45, 7) is 2.19. The molecule has 0 atom stereocenters. The van der Waals surface area contributed by atoms with Gasteiger partial charge in [0.05, 0.1) is 23.8 Å². The maximum Gasteiger partial charge on any atom is 0.154 e. The summed E-state index contributed by atoms with van der Waals surface area (Å²) < 4.78 is 16.7. The first kappa shape index (κ1) is 17.8. The molecule has 29 heavy (non-hydrogen) atoms. The summed E-state index contributed by atoms with van der Waals surface area (Å²) in [5, 5.41) is 12.7. The Balaban J connectivity index is 1.42. The number of rotatable bonds is 4. The predicted octanol–water partition coefficient (Wildman–Crippen LogP) is 3.23. The number of nitrogens with zero attached hydrogens (tertiary/aromatic N) is 6. The van der Waals surface area contributed by atoms with Gasteiger partial charge in [-0.3, -0.25) is 0 Å². The molecule has 3 aromatic heterocycles. The number of nitrogens with one attached hydrogen (secondary N) is 1. The Kier molecular flexibility index (Phi) is 4.48. The number of imidazole rings is 1. The molecule has 4 heterocycles. The Morgan fingerprint density at radius 3 is 2.62 bits per heavy atom. The van der Waals surface area contributed by atoms with E-state index in [-0.39, 0.29) is 5.82 Å². The SMILES string of the molecule is CN1CCC(Nc2ccc3ncc(-c4cnn(-c5ccc(F)cc5)c4)n3n2)CC1. The average Bonchev–Trinajstić information content (AvgIpc) is 3.37. The van der Waals surface area contributed by atoms with Crippen molar-refractivity contribution >= 4 is 11.5 Å². The van der Waals surface area contributed by atoms with Crippen molar-refractivity contribution in [2.24, 2.45) is 0 Å². The molecule has 7 nitrogen and oxygen atoms in total. The van der Waals surface area contributed by atoms with Gasteiger partial charge >= 0.3 is 0 Å². The fourth-order valence-electron chi connectivity index (χ4n) is 3.70. The average molecular weight is 391 g/mol. The van der Waals surface area contributed by atoms with Crippen LogP contribution in [0, 0.1) is 5.82 Å². The van der Waals surface area contributed by atoms with Gasteiger partial charge in [0.2, 0.25) is 0 Å². The number of aromatic nitrogens is 5. The molecule has 0 spiro atoms. The lowest BCUT2D eigenvalue weighted by atomic mass is 10.1. The molecule has 1 aliphatic heterocycles. The van der Waals surface area contributed by atoms with E-state index in [1.807, 2.05) is 22.8 Å². The first-order valence-electron chi connectivity index (χ1n) is 9.76. The summed E-state index contributed by atoms with van der Waals surface area (Å²) in [4.78, 5) is 6.81. The molecule has 0 aliphatic carbocycles. The molecular formula is C21H22FN7. The standard InChI is InChI=1S/C21H22FN7/c1-27-10-8-17(9-11-27)25-20-6-7-21-23-13-19(29(21)26-20)15-12-24-28(14-15)18-4-2-16(22)3-5-18/h2-7,12-14,17H,8-11H2,1H3,(H,25,26). The minimum atomic E-state index is -0.267. The number of likely N-dealkylation sites (tertiary alicyclic amines) is 1. The molecule has 1 fully saturated rings. The van der Waals surface area contributed by atoms with Crippen LogP contribution in [0.15, 0.2) is 55.0 Å². The summed E-state index contributed by atoms with van der Waals surface area (Å²) in [5.74, 6) is 0.578. The highest BCUT2D eigenvalue weighted by Crippen LogP contribution is 2.22. The van der Waals surface area contributed by atoms with Gasteiger partial charge in [-0.25, -0.2) is 18.6 Å². The summed E-state index contributed by atoms with van der Waals surface area (Å²) in [5.41, 5.74) is 3.33. The van der Waals surface area contributed by atoms with Crippen LogP contribution >= 0.6 is 0 Å². The van der Waals surface area contributed by atoms with Crippen LogP contribution in [-0.4, -0.2) is 55.5 Å². The second kappa shape index (κ2) is 7.29. The van der Waals surface area contributed by atoms with Gasteiger partial charge in [-0.15, -0.1) is 5.10 Å². The number of piperidine rings is 1. The Morgan fingerprint density at radius 2 is 1.83 bits per heavy atom. The van der Waals surface area contributed by atoms with Crippen LogP contribution in [0.3, 0.4) is 0 Å². The molecule has 148 valence electrons. The molecule has 0 radical (unpaired) electrons. The zero-order valence-electron chi connectivity index (χ0n) is 16.2.